The molecule has 3 heterocycles. The average molecular weight is 277 g/mol. The molecular formula is C17H31N3. The van der Waals surface area contributed by atoms with Crippen molar-refractivity contribution < 1.29 is 0 Å². The maximum Gasteiger partial charge on any atom is 0.0184 e. The van der Waals surface area contributed by atoms with Crippen LogP contribution in [0.1, 0.15) is 34.1 Å². The molecular weight excluding hydrogens is 246 g/mol. The van der Waals surface area contributed by atoms with Gasteiger partial charge in [-0.1, -0.05) is 0 Å². The van der Waals surface area contributed by atoms with Gasteiger partial charge in [0.1, 0.15) is 0 Å². The van der Waals surface area contributed by atoms with Crippen LogP contribution in [0.2, 0.25) is 0 Å². The summed E-state index contributed by atoms with van der Waals surface area (Å²) in [4.78, 5) is 8.20. The average Bonchev–Trinajstić information content (AvgIpc) is 2.80. The minimum Gasteiger partial charge on any atom is -0.300 e. The molecule has 20 heavy (non-hydrogen) atoms. The summed E-state index contributed by atoms with van der Waals surface area (Å²) in [5.74, 6) is 2.02. The van der Waals surface area contributed by atoms with Gasteiger partial charge in [-0.3, -0.25) is 9.80 Å². The van der Waals surface area contributed by atoms with Crippen molar-refractivity contribution in [3.8, 4) is 0 Å². The number of rotatable bonds is 3. The van der Waals surface area contributed by atoms with Crippen LogP contribution in [-0.4, -0.2) is 72.1 Å². The lowest BCUT2D eigenvalue weighted by Crippen LogP contribution is -2.59. The quantitative estimate of drug-likeness (QED) is 0.778. The van der Waals surface area contributed by atoms with Crippen molar-refractivity contribution in [3.63, 3.8) is 0 Å². The first-order chi connectivity index (χ1) is 9.49. The van der Waals surface area contributed by atoms with Crippen molar-refractivity contribution in [1.29, 1.82) is 0 Å². The van der Waals surface area contributed by atoms with E-state index in [-0.39, 0.29) is 0 Å². The van der Waals surface area contributed by atoms with Gasteiger partial charge in [0, 0.05) is 56.3 Å². The SMILES string of the molecule is CC(C)N1CC2C(C1)C2N1CCC2(CN(C(C)C)C2)C1. The zero-order valence-corrected chi connectivity index (χ0v) is 13.7. The molecule has 0 bridgehead atoms. The van der Waals surface area contributed by atoms with Gasteiger partial charge in [0.25, 0.3) is 0 Å². The van der Waals surface area contributed by atoms with Gasteiger partial charge in [0.2, 0.25) is 0 Å². The number of hydrogen-bond donors (Lipinski definition) is 0. The molecule has 3 nitrogen and oxygen atoms in total. The first-order valence-electron chi connectivity index (χ1n) is 8.71. The zero-order valence-electron chi connectivity index (χ0n) is 13.7. The van der Waals surface area contributed by atoms with Gasteiger partial charge in [-0.2, -0.15) is 0 Å². The topological polar surface area (TPSA) is 9.72 Å². The molecule has 1 saturated carbocycles. The van der Waals surface area contributed by atoms with E-state index in [0.717, 1.165) is 30.0 Å². The van der Waals surface area contributed by atoms with E-state index in [2.05, 4.69) is 42.4 Å². The van der Waals surface area contributed by atoms with Crippen molar-refractivity contribution in [1.82, 2.24) is 14.7 Å². The number of fused-ring (bicyclic) bond motifs is 1. The standard InChI is InChI=1S/C17H31N3/c1-12(2)19-7-14-15(8-19)16(14)18-6-5-17(9-18)10-20(11-17)13(3)4/h12-16H,5-11H2,1-4H3. The van der Waals surface area contributed by atoms with Gasteiger partial charge < -0.3 is 4.90 Å². The van der Waals surface area contributed by atoms with Crippen LogP contribution < -0.4 is 0 Å². The highest BCUT2D eigenvalue weighted by Crippen LogP contribution is 2.53. The van der Waals surface area contributed by atoms with E-state index in [1.807, 2.05) is 0 Å². The molecule has 114 valence electrons. The number of piperidine rings is 1. The van der Waals surface area contributed by atoms with Crippen LogP contribution in [0.25, 0.3) is 0 Å². The molecule has 0 N–H and O–H groups in total. The highest BCUT2D eigenvalue weighted by Gasteiger charge is 2.61. The van der Waals surface area contributed by atoms with Gasteiger partial charge in [0.05, 0.1) is 0 Å². The maximum absolute atomic E-state index is 2.87. The Balaban J connectivity index is 1.30. The van der Waals surface area contributed by atoms with Crippen molar-refractivity contribution in [3.05, 3.63) is 0 Å². The summed E-state index contributed by atoms with van der Waals surface area (Å²) < 4.78 is 0. The van der Waals surface area contributed by atoms with Crippen LogP contribution >= 0.6 is 0 Å². The first-order valence-corrected chi connectivity index (χ1v) is 8.71. The summed E-state index contributed by atoms with van der Waals surface area (Å²) in [6.45, 7) is 17.6. The Kier molecular flexibility index (Phi) is 3.00. The fraction of sp³-hybridized carbons (Fsp3) is 1.00. The Morgan fingerprint density at radius 1 is 0.850 bits per heavy atom. The molecule has 1 aliphatic carbocycles. The van der Waals surface area contributed by atoms with Gasteiger partial charge in [-0.25, -0.2) is 0 Å². The second-order valence-electron chi connectivity index (χ2n) is 8.59. The Labute approximate surface area is 124 Å². The Morgan fingerprint density at radius 2 is 1.45 bits per heavy atom. The summed E-state index contributed by atoms with van der Waals surface area (Å²) in [6.07, 6.45) is 1.46. The summed E-state index contributed by atoms with van der Waals surface area (Å²) in [5.41, 5.74) is 0.679. The van der Waals surface area contributed by atoms with Crippen molar-refractivity contribution >= 4 is 0 Å². The van der Waals surface area contributed by atoms with Crippen molar-refractivity contribution in [2.24, 2.45) is 17.3 Å². The smallest absolute Gasteiger partial charge is 0.0184 e. The van der Waals surface area contributed by atoms with Crippen molar-refractivity contribution in [2.75, 3.05) is 39.3 Å². The van der Waals surface area contributed by atoms with Gasteiger partial charge in [0.15, 0.2) is 0 Å². The summed E-state index contributed by atoms with van der Waals surface area (Å²) in [7, 11) is 0. The third kappa shape index (κ3) is 1.97. The second kappa shape index (κ2) is 4.44. The first kappa shape index (κ1) is 13.5. The van der Waals surface area contributed by atoms with Crippen LogP contribution in [0.15, 0.2) is 0 Å². The lowest BCUT2D eigenvalue weighted by atomic mass is 9.78. The summed E-state index contributed by atoms with van der Waals surface area (Å²) in [6, 6.07) is 2.45. The maximum atomic E-state index is 2.87. The lowest BCUT2D eigenvalue weighted by Gasteiger charge is -2.50. The number of likely N-dealkylation sites (tertiary alicyclic amines) is 3. The zero-order chi connectivity index (χ0) is 14.1. The Hall–Kier alpha value is -0.120. The normalized spacial score (nSPS) is 40.8. The van der Waals surface area contributed by atoms with Gasteiger partial charge in [-0.15, -0.1) is 0 Å². The number of hydrogen-bond acceptors (Lipinski definition) is 3. The third-order valence-electron chi connectivity index (χ3n) is 6.60. The highest BCUT2D eigenvalue weighted by atomic mass is 15.3. The molecule has 4 fully saturated rings. The fourth-order valence-corrected chi connectivity index (χ4v) is 5.15. The molecule has 3 aliphatic heterocycles. The lowest BCUT2D eigenvalue weighted by molar-refractivity contribution is -0.0155. The number of nitrogens with zero attached hydrogens (tertiary/aromatic N) is 3. The summed E-state index contributed by atoms with van der Waals surface area (Å²) >= 11 is 0. The fourth-order valence-electron chi connectivity index (χ4n) is 5.15. The molecule has 2 unspecified atom stereocenters. The van der Waals surface area contributed by atoms with E-state index >= 15 is 0 Å². The molecule has 4 rings (SSSR count). The third-order valence-corrected chi connectivity index (χ3v) is 6.60. The minimum absolute atomic E-state index is 0.679. The van der Waals surface area contributed by atoms with Gasteiger partial charge >= 0.3 is 0 Å². The van der Waals surface area contributed by atoms with Gasteiger partial charge in [-0.05, 0) is 52.5 Å². The van der Waals surface area contributed by atoms with Crippen LogP contribution in [-0.2, 0) is 0 Å². The minimum atomic E-state index is 0.679. The summed E-state index contributed by atoms with van der Waals surface area (Å²) in [5, 5.41) is 0. The second-order valence-corrected chi connectivity index (χ2v) is 8.59. The molecule has 4 aliphatic rings. The highest BCUT2D eigenvalue weighted by molar-refractivity contribution is 5.14. The molecule has 0 aromatic heterocycles. The van der Waals surface area contributed by atoms with E-state index in [0.29, 0.717) is 5.41 Å². The Morgan fingerprint density at radius 3 is 2.00 bits per heavy atom. The molecule has 1 spiro atoms. The van der Waals surface area contributed by atoms with E-state index in [9.17, 15) is 0 Å². The molecule has 0 aromatic carbocycles. The van der Waals surface area contributed by atoms with Crippen molar-refractivity contribution in [2.45, 2.75) is 52.2 Å². The largest absolute Gasteiger partial charge is 0.300 e. The van der Waals surface area contributed by atoms with E-state index in [1.54, 1.807) is 0 Å². The van der Waals surface area contributed by atoms with Crippen LogP contribution in [0.5, 0.6) is 0 Å². The molecule has 0 aromatic rings. The Bertz CT molecular complexity index is 374. The molecule has 0 amide bonds. The molecule has 0 radical (unpaired) electrons. The van der Waals surface area contributed by atoms with Crippen LogP contribution in [0, 0.1) is 17.3 Å². The van der Waals surface area contributed by atoms with E-state index < -0.39 is 0 Å². The van der Waals surface area contributed by atoms with Crippen LogP contribution in [0.3, 0.4) is 0 Å². The van der Waals surface area contributed by atoms with E-state index in [1.165, 1.54) is 45.7 Å². The molecule has 3 saturated heterocycles. The monoisotopic (exact) mass is 277 g/mol. The predicted octanol–water partition coefficient (Wildman–Crippen LogP) is 1.74. The molecule has 3 heteroatoms. The van der Waals surface area contributed by atoms with E-state index in [4.69, 9.17) is 0 Å². The predicted molar refractivity (Wildman–Crippen MR) is 82.8 cm³/mol. The van der Waals surface area contributed by atoms with Crippen LogP contribution in [0.4, 0.5) is 0 Å². The molecule has 2 atom stereocenters.